The molecule has 1 aliphatic carbocycles. The first kappa shape index (κ1) is 10.9. The van der Waals surface area contributed by atoms with Crippen molar-refractivity contribution in [3.05, 3.63) is 29.8 Å². The molecule has 0 heterocycles. The monoisotopic (exact) mass is 227 g/mol. The highest BCUT2D eigenvalue weighted by Crippen LogP contribution is 2.18. The van der Waals surface area contributed by atoms with E-state index < -0.39 is 11.6 Å². The normalized spacial score (nSPS) is 14.6. The number of amides is 1. The Hall–Kier alpha value is -1.65. The molecule has 0 atom stereocenters. The molecule has 1 aromatic rings. The van der Waals surface area contributed by atoms with Gasteiger partial charge in [-0.05, 0) is 25.0 Å². The number of carbonyl (C=O) groups is 1. The summed E-state index contributed by atoms with van der Waals surface area (Å²) in [5.41, 5.74) is 0. The molecule has 2 rings (SSSR count). The van der Waals surface area contributed by atoms with Gasteiger partial charge in [0.15, 0.2) is 18.2 Å². The van der Waals surface area contributed by atoms with E-state index in [1.165, 1.54) is 6.07 Å². The number of hydrogen-bond donors (Lipinski definition) is 1. The molecular weight excluding hydrogens is 216 g/mol. The van der Waals surface area contributed by atoms with Gasteiger partial charge < -0.3 is 10.1 Å². The third-order valence-corrected chi connectivity index (χ3v) is 2.20. The van der Waals surface area contributed by atoms with Crippen molar-refractivity contribution in [2.45, 2.75) is 18.9 Å². The molecule has 0 saturated heterocycles. The summed E-state index contributed by atoms with van der Waals surface area (Å²) in [5, 5.41) is 2.72. The predicted molar refractivity (Wildman–Crippen MR) is 53.0 cm³/mol. The van der Waals surface area contributed by atoms with Crippen LogP contribution in [0.2, 0.25) is 0 Å². The molecule has 1 N–H and O–H groups in total. The molecule has 16 heavy (non-hydrogen) atoms. The smallest absolute Gasteiger partial charge is 0.258 e. The zero-order valence-corrected chi connectivity index (χ0v) is 8.50. The van der Waals surface area contributed by atoms with Crippen molar-refractivity contribution >= 4 is 5.91 Å². The van der Waals surface area contributed by atoms with Gasteiger partial charge in [-0.1, -0.05) is 0 Å². The second kappa shape index (κ2) is 4.47. The van der Waals surface area contributed by atoms with Crippen LogP contribution in [0, 0.1) is 11.6 Å². The van der Waals surface area contributed by atoms with Crippen LogP contribution in [0.1, 0.15) is 12.8 Å². The molecule has 1 aromatic carbocycles. The predicted octanol–water partition coefficient (Wildman–Crippen LogP) is 1.62. The van der Waals surface area contributed by atoms with Crippen molar-refractivity contribution in [2.24, 2.45) is 0 Å². The van der Waals surface area contributed by atoms with Crippen LogP contribution in [0.25, 0.3) is 0 Å². The Kier molecular flexibility index (Phi) is 3.03. The van der Waals surface area contributed by atoms with Gasteiger partial charge in [-0.2, -0.15) is 0 Å². The number of hydrogen-bond acceptors (Lipinski definition) is 2. The van der Waals surface area contributed by atoms with Crippen LogP contribution in [-0.4, -0.2) is 18.6 Å². The highest BCUT2D eigenvalue weighted by Gasteiger charge is 2.23. The van der Waals surface area contributed by atoms with Crippen molar-refractivity contribution in [1.82, 2.24) is 5.32 Å². The second-order valence-corrected chi connectivity index (χ2v) is 3.71. The first-order valence-electron chi connectivity index (χ1n) is 5.02. The minimum absolute atomic E-state index is 0.143. The average Bonchev–Trinajstić information content (AvgIpc) is 3.04. The van der Waals surface area contributed by atoms with Crippen molar-refractivity contribution < 1.29 is 18.3 Å². The van der Waals surface area contributed by atoms with Gasteiger partial charge in [0.2, 0.25) is 0 Å². The summed E-state index contributed by atoms with van der Waals surface area (Å²) < 4.78 is 30.3. The highest BCUT2D eigenvalue weighted by molar-refractivity contribution is 5.78. The van der Waals surface area contributed by atoms with Crippen molar-refractivity contribution in [1.29, 1.82) is 0 Å². The Morgan fingerprint density at radius 3 is 2.75 bits per heavy atom. The molecule has 86 valence electrons. The van der Waals surface area contributed by atoms with Crippen LogP contribution >= 0.6 is 0 Å². The van der Waals surface area contributed by atoms with E-state index in [2.05, 4.69) is 5.32 Å². The number of nitrogens with one attached hydrogen (secondary N) is 1. The zero-order valence-electron chi connectivity index (χ0n) is 8.50. The summed E-state index contributed by atoms with van der Waals surface area (Å²) in [6.45, 7) is -0.179. The maximum Gasteiger partial charge on any atom is 0.258 e. The Morgan fingerprint density at radius 1 is 1.38 bits per heavy atom. The molecule has 1 aliphatic rings. The molecule has 0 spiro atoms. The Labute approximate surface area is 91.4 Å². The third kappa shape index (κ3) is 2.92. The van der Waals surface area contributed by atoms with E-state index in [4.69, 9.17) is 4.74 Å². The molecule has 0 aliphatic heterocycles. The van der Waals surface area contributed by atoms with E-state index >= 15 is 0 Å². The highest BCUT2D eigenvalue weighted by atomic mass is 19.2. The molecule has 1 amide bonds. The number of benzene rings is 1. The molecule has 3 nitrogen and oxygen atoms in total. The molecule has 5 heteroatoms. The lowest BCUT2D eigenvalue weighted by Gasteiger charge is -2.06. The molecule has 1 saturated carbocycles. The van der Waals surface area contributed by atoms with Gasteiger partial charge in [0.25, 0.3) is 5.91 Å². The summed E-state index contributed by atoms with van der Waals surface area (Å²) in [5.74, 6) is -2.02. The van der Waals surface area contributed by atoms with Crippen LogP contribution in [0.4, 0.5) is 8.78 Å². The summed E-state index contributed by atoms with van der Waals surface area (Å²) in [6, 6.07) is 3.42. The summed E-state index contributed by atoms with van der Waals surface area (Å²) in [4.78, 5) is 11.2. The minimum atomic E-state index is -0.986. The SMILES string of the molecule is O=C(COc1ccc(F)c(F)c1)NC1CC1. The molecule has 0 aromatic heterocycles. The molecular formula is C11H11F2NO2. The van der Waals surface area contributed by atoms with Crippen LogP contribution in [0.15, 0.2) is 18.2 Å². The van der Waals surface area contributed by atoms with E-state index in [0.717, 1.165) is 25.0 Å². The van der Waals surface area contributed by atoms with Crippen molar-refractivity contribution in [3.8, 4) is 5.75 Å². The van der Waals surface area contributed by atoms with Crippen molar-refractivity contribution in [3.63, 3.8) is 0 Å². The standard InChI is InChI=1S/C11H11F2NO2/c12-9-4-3-8(5-10(9)13)16-6-11(15)14-7-1-2-7/h3-5,7H,1-2,6H2,(H,14,15). The number of ether oxygens (including phenoxy) is 1. The van der Waals surface area contributed by atoms with Gasteiger partial charge in [-0.15, -0.1) is 0 Å². The van der Waals surface area contributed by atoms with Gasteiger partial charge in [0, 0.05) is 12.1 Å². The quantitative estimate of drug-likeness (QED) is 0.848. The molecule has 0 bridgehead atoms. The van der Waals surface area contributed by atoms with E-state index in [0.29, 0.717) is 0 Å². The lowest BCUT2D eigenvalue weighted by molar-refractivity contribution is -0.123. The van der Waals surface area contributed by atoms with Gasteiger partial charge in [0.05, 0.1) is 0 Å². The zero-order chi connectivity index (χ0) is 11.5. The third-order valence-electron chi connectivity index (χ3n) is 2.20. The van der Waals surface area contributed by atoms with E-state index in [9.17, 15) is 13.6 Å². The van der Waals surface area contributed by atoms with Crippen LogP contribution in [-0.2, 0) is 4.79 Å². The van der Waals surface area contributed by atoms with Crippen LogP contribution in [0.5, 0.6) is 5.75 Å². The largest absolute Gasteiger partial charge is 0.484 e. The second-order valence-electron chi connectivity index (χ2n) is 3.71. The fraction of sp³-hybridized carbons (Fsp3) is 0.364. The maximum atomic E-state index is 12.8. The van der Waals surface area contributed by atoms with Gasteiger partial charge in [0.1, 0.15) is 5.75 Å². The van der Waals surface area contributed by atoms with Gasteiger partial charge in [-0.25, -0.2) is 8.78 Å². The van der Waals surface area contributed by atoms with E-state index in [-0.39, 0.29) is 24.3 Å². The Balaban J connectivity index is 1.83. The maximum absolute atomic E-state index is 12.8. The topological polar surface area (TPSA) is 38.3 Å². The van der Waals surface area contributed by atoms with E-state index in [1.54, 1.807) is 0 Å². The summed E-state index contributed by atoms with van der Waals surface area (Å²) >= 11 is 0. The lowest BCUT2D eigenvalue weighted by Crippen LogP contribution is -2.30. The van der Waals surface area contributed by atoms with Gasteiger partial charge in [-0.3, -0.25) is 4.79 Å². The summed E-state index contributed by atoms with van der Waals surface area (Å²) in [7, 11) is 0. The number of halogens is 2. The molecule has 0 radical (unpaired) electrons. The lowest BCUT2D eigenvalue weighted by atomic mass is 10.3. The van der Waals surface area contributed by atoms with Crippen LogP contribution < -0.4 is 10.1 Å². The molecule has 1 fully saturated rings. The van der Waals surface area contributed by atoms with Crippen molar-refractivity contribution in [2.75, 3.05) is 6.61 Å². The first-order valence-corrected chi connectivity index (χ1v) is 5.02. The Bertz CT molecular complexity index is 405. The first-order chi connectivity index (χ1) is 7.65. The van der Waals surface area contributed by atoms with Crippen LogP contribution in [0.3, 0.4) is 0 Å². The number of carbonyl (C=O) groups excluding carboxylic acids is 1. The molecule has 0 unspecified atom stereocenters. The average molecular weight is 227 g/mol. The Morgan fingerprint density at radius 2 is 2.12 bits per heavy atom. The fourth-order valence-corrected chi connectivity index (χ4v) is 1.21. The fourth-order valence-electron chi connectivity index (χ4n) is 1.21. The summed E-state index contributed by atoms with van der Waals surface area (Å²) in [6.07, 6.45) is 1.99. The number of rotatable bonds is 4. The van der Waals surface area contributed by atoms with Gasteiger partial charge >= 0.3 is 0 Å². The minimum Gasteiger partial charge on any atom is -0.484 e. The van der Waals surface area contributed by atoms with E-state index in [1.807, 2.05) is 0 Å².